The lowest BCUT2D eigenvalue weighted by Gasteiger charge is -2.17. The molecule has 4 rings (SSSR count). The van der Waals surface area contributed by atoms with Gasteiger partial charge in [-0.2, -0.15) is 31.3 Å². The maximum atomic E-state index is 13.7. The van der Waals surface area contributed by atoms with Gasteiger partial charge in [0, 0.05) is 24.2 Å². The zero-order valence-corrected chi connectivity index (χ0v) is 18.0. The highest BCUT2D eigenvalue weighted by atomic mass is 19.4. The van der Waals surface area contributed by atoms with Crippen LogP contribution in [0, 0.1) is 0 Å². The smallest absolute Gasteiger partial charge is 0.457 e. The number of halogens is 6. The Balaban J connectivity index is 1.82. The summed E-state index contributed by atoms with van der Waals surface area (Å²) in [6, 6.07) is 8.24. The molecule has 0 bridgehead atoms. The molecule has 0 atom stereocenters. The minimum atomic E-state index is -5.12. The Morgan fingerprint density at radius 2 is 1.80 bits per heavy atom. The van der Waals surface area contributed by atoms with Crippen LogP contribution in [0.2, 0.25) is 0 Å². The normalized spacial score (nSPS) is 12.3. The topological polar surface area (TPSA) is 95.1 Å². The number of nitrogen functional groups attached to an aromatic ring is 1. The van der Waals surface area contributed by atoms with E-state index in [0.29, 0.717) is 16.3 Å². The number of ether oxygens (including phenoxy) is 1. The average Bonchev–Trinajstić information content (AvgIpc) is 3.15. The van der Waals surface area contributed by atoms with E-state index in [9.17, 15) is 31.1 Å². The molecule has 35 heavy (non-hydrogen) atoms. The standard InChI is InChI=1S/C22H17F6N5O2/c1-33-8-6-12-16-15(10-13(17(12)33)11-4-2-3-5-14(11)21(23,24)25)31-20(29)32-18(16)30-7-9-35-19(34)22(26,27)28/h2-6,8,10H,7,9H2,1H3,(H3,29,30,31,32). The van der Waals surface area contributed by atoms with Crippen molar-refractivity contribution in [1.82, 2.24) is 14.5 Å². The third-order valence-electron chi connectivity index (χ3n) is 5.21. The molecule has 2 aromatic heterocycles. The van der Waals surface area contributed by atoms with Crippen molar-refractivity contribution in [3.8, 4) is 11.1 Å². The number of benzene rings is 2. The first-order valence-corrected chi connectivity index (χ1v) is 10.1. The Kier molecular flexibility index (Phi) is 5.95. The SMILES string of the molecule is Cn1ccc2c3c(NCCOC(=O)C(F)(F)F)nc(N)nc3cc(-c3ccccc3C(F)(F)F)c21. The number of nitrogens with two attached hydrogens (primary N) is 1. The van der Waals surface area contributed by atoms with Crippen LogP contribution in [0.4, 0.5) is 38.1 Å². The second-order valence-electron chi connectivity index (χ2n) is 7.54. The second-order valence-corrected chi connectivity index (χ2v) is 7.54. The molecule has 184 valence electrons. The molecule has 13 heteroatoms. The molecular formula is C22H17F6N5O2. The fraction of sp³-hybridized carbons (Fsp3) is 0.227. The highest BCUT2D eigenvalue weighted by molar-refractivity contribution is 6.16. The first-order valence-electron chi connectivity index (χ1n) is 10.1. The molecule has 3 N–H and O–H groups in total. The third kappa shape index (κ3) is 4.66. The number of nitrogens with one attached hydrogen (secondary N) is 1. The van der Waals surface area contributed by atoms with E-state index in [1.807, 2.05) is 0 Å². The van der Waals surface area contributed by atoms with Crippen molar-refractivity contribution < 1.29 is 35.9 Å². The summed E-state index contributed by atoms with van der Waals surface area (Å²) < 4.78 is 84.0. The van der Waals surface area contributed by atoms with Crippen LogP contribution in [-0.2, 0) is 22.8 Å². The van der Waals surface area contributed by atoms with Crippen molar-refractivity contribution in [3.63, 3.8) is 0 Å². The van der Waals surface area contributed by atoms with Gasteiger partial charge in [-0.3, -0.25) is 0 Å². The monoisotopic (exact) mass is 497 g/mol. The van der Waals surface area contributed by atoms with Gasteiger partial charge in [0.25, 0.3) is 0 Å². The van der Waals surface area contributed by atoms with Crippen molar-refractivity contribution >= 4 is 39.5 Å². The van der Waals surface area contributed by atoms with Crippen LogP contribution in [0.3, 0.4) is 0 Å². The van der Waals surface area contributed by atoms with Crippen molar-refractivity contribution in [2.45, 2.75) is 12.4 Å². The van der Waals surface area contributed by atoms with Crippen LogP contribution >= 0.6 is 0 Å². The quantitative estimate of drug-likeness (QED) is 0.231. The maximum absolute atomic E-state index is 13.7. The molecular weight excluding hydrogens is 480 g/mol. The molecule has 4 aromatic rings. The Bertz CT molecular complexity index is 1430. The summed E-state index contributed by atoms with van der Waals surface area (Å²) in [5, 5.41) is 3.65. The molecule has 2 aromatic carbocycles. The van der Waals surface area contributed by atoms with E-state index in [1.165, 1.54) is 24.3 Å². The zero-order valence-electron chi connectivity index (χ0n) is 18.0. The minimum absolute atomic E-state index is 0.0561. The van der Waals surface area contributed by atoms with Gasteiger partial charge < -0.3 is 20.4 Å². The third-order valence-corrected chi connectivity index (χ3v) is 5.21. The number of aryl methyl sites for hydroxylation is 1. The molecule has 0 amide bonds. The van der Waals surface area contributed by atoms with Gasteiger partial charge in [-0.1, -0.05) is 18.2 Å². The number of hydrogen-bond donors (Lipinski definition) is 2. The van der Waals surface area contributed by atoms with Crippen LogP contribution in [0.25, 0.3) is 32.9 Å². The zero-order chi connectivity index (χ0) is 25.5. The van der Waals surface area contributed by atoms with Gasteiger partial charge in [0.15, 0.2) is 0 Å². The van der Waals surface area contributed by atoms with E-state index in [-0.39, 0.29) is 35.0 Å². The largest absolute Gasteiger partial charge is 0.490 e. The number of alkyl halides is 6. The summed E-state index contributed by atoms with van der Waals surface area (Å²) in [5.41, 5.74) is 5.84. The lowest BCUT2D eigenvalue weighted by Crippen LogP contribution is -2.27. The van der Waals surface area contributed by atoms with Gasteiger partial charge in [-0.25, -0.2) is 9.78 Å². The van der Waals surface area contributed by atoms with Gasteiger partial charge in [0.2, 0.25) is 5.95 Å². The van der Waals surface area contributed by atoms with Gasteiger partial charge in [-0.05, 0) is 23.8 Å². The highest BCUT2D eigenvalue weighted by Crippen LogP contribution is 2.42. The first kappa shape index (κ1) is 24.1. The van der Waals surface area contributed by atoms with Crippen molar-refractivity contribution in [2.24, 2.45) is 7.05 Å². The van der Waals surface area contributed by atoms with Crippen LogP contribution in [-0.4, -0.2) is 39.8 Å². The Morgan fingerprint density at radius 3 is 2.49 bits per heavy atom. The molecule has 0 aliphatic carbocycles. The summed E-state index contributed by atoms with van der Waals surface area (Å²) in [5.74, 6) is -2.41. The van der Waals surface area contributed by atoms with Gasteiger partial charge in [0.05, 0.1) is 28.5 Å². The first-order chi connectivity index (χ1) is 16.4. The Hall–Kier alpha value is -4.03. The van der Waals surface area contributed by atoms with E-state index in [1.54, 1.807) is 23.9 Å². The molecule has 0 fully saturated rings. The molecule has 0 aliphatic heterocycles. The fourth-order valence-corrected chi connectivity index (χ4v) is 3.83. The van der Waals surface area contributed by atoms with Crippen molar-refractivity contribution in [1.29, 1.82) is 0 Å². The van der Waals surface area contributed by atoms with E-state index < -0.39 is 30.5 Å². The van der Waals surface area contributed by atoms with E-state index in [2.05, 4.69) is 20.0 Å². The number of anilines is 2. The van der Waals surface area contributed by atoms with E-state index in [4.69, 9.17) is 5.73 Å². The molecule has 0 aliphatic rings. The van der Waals surface area contributed by atoms with Crippen LogP contribution < -0.4 is 11.1 Å². The molecule has 0 radical (unpaired) electrons. The van der Waals surface area contributed by atoms with Gasteiger partial charge in [-0.15, -0.1) is 0 Å². The molecule has 0 saturated carbocycles. The number of aromatic nitrogens is 3. The van der Waals surface area contributed by atoms with Gasteiger partial charge >= 0.3 is 18.3 Å². The molecule has 0 saturated heterocycles. The summed E-state index contributed by atoms with van der Waals surface area (Å²) in [6.07, 6.45) is -8.07. The summed E-state index contributed by atoms with van der Waals surface area (Å²) in [7, 11) is 1.66. The molecule has 0 spiro atoms. The minimum Gasteiger partial charge on any atom is -0.457 e. The van der Waals surface area contributed by atoms with Crippen LogP contribution in [0.1, 0.15) is 5.56 Å². The molecule has 2 heterocycles. The van der Waals surface area contributed by atoms with Crippen molar-refractivity contribution in [3.05, 3.63) is 48.2 Å². The summed E-state index contributed by atoms with van der Waals surface area (Å²) in [6.45, 7) is -0.848. The van der Waals surface area contributed by atoms with Crippen LogP contribution in [0.15, 0.2) is 42.6 Å². The number of nitrogens with zero attached hydrogens (tertiary/aromatic N) is 3. The highest BCUT2D eigenvalue weighted by Gasteiger charge is 2.40. The Morgan fingerprint density at radius 1 is 1.09 bits per heavy atom. The summed E-state index contributed by atoms with van der Waals surface area (Å²) >= 11 is 0. The lowest BCUT2D eigenvalue weighted by atomic mass is 9.95. The number of carbonyl (C=O) groups is 1. The Labute approximate surface area is 193 Å². The van der Waals surface area contributed by atoms with Gasteiger partial charge in [0.1, 0.15) is 12.4 Å². The van der Waals surface area contributed by atoms with Crippen molar-refractivity contribution in [2.75, 3.05) is 24.2 Å². The summed E-state index contributed by atoms with van der Waals surface area (Å²) in [4.78, 5) is 19.1. The number of rotatable bonds is 5. The fourth-order valence-electron chi connectivity index (χ4n) is 3.83. The molecule has 0 unspecified atom stereocenters. The predicted octanol–water partition coefficient (Wildman–Crippen LogP) is 4.91. The number of carbonyl (C=O) groups excluding carboxylic acids is 1. The number of fused-ring (bicyclic) bond motifs is 3. The second kappa shape index (κ2) is 8.64. The van der Waals surface area contributed by atoms with E-state index >= 15 is 0 Å². The number of esters is 1. The average molecular weight is 497 g/mol. The van der Waals surface area contributed by atoms with Crippen LogP contribution in [0.5, 0.6) is 0 Å². The molecule has 7 nitrogen and oxygen atoms in total. The number of hydrogen-bond acceptors (Lipinski definition) is 6. The lowest BCUT2D eigenvalue weighted by molar-refractivity contribution is -0.199. The maximum Gasteiger partial charge on any atom is 0.490 e. The predicted molar refractivity (Wildman–Crippen MR) is 116 cm³/mol. The van der Waals surface area contributed by atoms with E-state index in [0.717, 1.165) is 6.07 Å².